The van der Waals surface area contributed by atoms with Crippen molar-refractivity contribution in [3.63, 3.8) is 0 Å². The molecule has 1 atom stereocenters. The maximum absolute atomic E-state index is 12.5. The predicted octanol–water partition coefficient (Wildman–Crippen LogP) is 4.31. The smallest absolute Gasteiger partial charge is 0.241 e. The average molecular weight is 422 g/mol. The molecule has 0 spiro atoms. The van der Waals surface area contributed by atoms with Crippen molar-refractivity contribution in [1.82, 2.24) is 0 Å². The highest BCUT2D eigenvalue weighted by molar-refractivity contribution is 6.30. The van der Waals surface area contributed by atoms with Gasteiger partial charge in [-0.25, -0.2) is 0 Å². The highest BCUT2D eigenvalue weighted by Crippen LogP contribution is 2.31. The molecule has 0 fully saturated rings. The number of carbonyl (C=O) groups is 2. The third-order valence-corrected chi connectivity index (χ3v) is 4.99. The zero-order valence-corrected chi connectivity index (χ0v) is 17.4. The van der Waals surface area contributed by atoms with Gasteiger partial charge in [-0.3, -0.25) is 9.59 Å². The minimum Gasteiger partial charge on any atom is -0.325 e. The molecule has 2 aromatic rings. The number of nitrogens with zero attached hydrogens (tertiary/aromatic N) is 1. The van der Waals surface area contributed by atoms with Gasteiger partial charge < -0.3 is 16.0 Å². The molecule has 28 heavy (non-hydrogen) atoms. The van der Waals surface area contributed by atoms with Gasteiger partial charge in [-0.05, 0) is 54.3 Å². The van der Waals surface area contributed by atoms with Crippen LogP contribution in [0.1, 0.15) is 37.3 Å². The summed E-state index contributed by atoms with van der Waals surface area (Å²) in [6.07, 6.45) is 2.63. The van der Waals surface area contributed by atoms with Crippen LogP contribution in [0.5, 0.6) is 0 Å². The van der Waals surface area contributed by atoms with Gasteiger partial charge in [-0.1, -0.05) is 37.1 Å². The van der Waals surface area contributed by atoms with Crippen LogP contribution in [-0.4, -0.2) is 17.9 Å². The van der Waals surface area contributed by atoms with Crippen LogP contribution in [0.2, 0.25) is 5.02 Å². The fraction of sp³-hybridized carbons (Fsp3) is 0.333. The maximum Gasteiger partial charge on any atom is 0.241 e. The van der Waals surface area contributed by atoms with Crippen LogP contribution in [0, 0.1) is 0 Å². The number of hydrogen-bond acceptors (Lipinski definition) is 3. The molecule has 3 N–H and O–H groups in total. The number of nitrogens with one attached hydrogen (secondary N) is 1. The Balaban J connectivity index is 0.00000280. The SMILES string of the molecule is CCCC(N)C(=O)Nc1ccc2c(c1)CCC(=O)N2Cc1ccc(Cl)cc1.Cl. The number of nitrogens with two attached hydrogens (primary N) is 1. The predicted molar refractivity (Wildman–Crippen MR) is 116 cm³/mol. The van der Waals surface area contributed by atoms with Gasteiger partial charge in [0.1, 0.15) is 0 Å². The van der Waals surface area contributed by atoms with E-state index in [0.717, 1.165) is 23.2 Å². The van der Waals surface area contributed by atoms with Crippen LogP contribution in [0.25, 0.3) is 0 Å². The summed E-state index contributed by atoms with van der Waals surface area (Å²) in [7, 11) is 0. The third kappa shape index (κ3) is 5.25. The first kappa shape index (κ1) is 22.2. The number of fused-ring (bicyclic) bond motifs is 1. The monoisotopic (exact) mass is 421 g/mol. The van der Waals surface area contributed by atoms with E-state index in [1.807, 2.05) is 49.4 Å². The number of rotatable bonds is 6. The number of anilines is 2. The minimum absolute atomic E-state index is 0. The Kier molecular flexibility index (Phi) is 7.87. The summed E-state index contributed by atoms with van der Waals surface area (Å²) in [6, 6.07) is 12.6. The van der Waals surface area contributed by atoms with Crippen LogP contribution in [0.4, 0.5) is 11.4 Å². The van der Waals surface area contributed by atoms with E-state index in [1.165, 1.54) is 0 Å². The van der Waals surface area contributed by atoms with Gasteiger partial charge in [0.2, 0.25) is 11.8 Å². The molecule has 0 radical (unpaired) electrons. The Morgan fingerprint density at radius 2 is 1.93 bits per heavy atom. The van der Waals surface area contributed by atoms with Crippen molar-refractivity contribution in [2.45, 2.75) is 45.2 Å². The van der Waals surface area contributed by atoms with Gasteiger partial charge in [0.25, 0.3) is 0 Å². The molecular formula is C21H25Cl2N3O2. The molecule has 0 aromatic heterocycles. The molecule has 1 aliphatic rings. The zero-order valence-electron chi connectivity index (χ0n) is 15.8. The number of hydrogen-bond donors (Lipinski definition) is 2. The molecule has 0 aliphatic carbocycles. The lowest BCUT2D eigenvalue weighted by Crippen LogP contribution is -2.36. The Labute approximate surface area is 176 Å². The van der Waals surface area contributed by atoms with Crippen molar-refractivity contribution >= 4 is 47.2 Å². The molecule has 1 unspecified atom stereocenters. The van der Waals surface area contributed by atoms with Gasteiger partial charge in [-0.2, -0.15) is 0 Å². The van der Waals surface area contributed by atoms with Crippen molar-refractivity contribution < 1.29 is 9.59 Å². The van der Waals surface area contributed by atoms with E-state index in [9.17, 15) is 9.59 Å². The summed E-state index contributed by atoms with van der Waals surface area (Å²) >= 11 is 5.94. The molecule has 3 rings (SSSR count). The second-order valence-corrected chi connectivity index (χ2v) is 7.27. The second-order valence-electron chi connectivity index (χ2n) is 6.83. The average Bonchev–Trinajstić information content (AvgIpc) is 2.66. The zero-order chi connectivity index (χ0) is 19.4. The Morgan fingerprint density at radius 1 is 1.21 bits per heavy atom. The van der Waals surface area contributed by atoms with Crippen molar-refractivity contribution in [2.24, 2.45) is 5.73 Å². The van der Waals surface area contributed by atoms with Crippen molar-refractivity contribution in [2.75, 3.05) is 10.2 Å². The standard InChI is InChI=1S/C21H24ClN3O2.ClH/c1-2-3-18(23)21(27)24-17-9-10-19-15(12-17)6-11-20(26)25(19)13-14-4-7-16(22)8-5-14;/h4-5,7-10,12,18H,2-3,6,11,13,23H2,1H3,(H,24,27);1H. The third-order valence-electron chi connectivity index (χ3n) is 4.74. The first-order valence-electron chi connectivity index (χ1n) is 9.22. The lowest BCUT2D eigenvalue weighted by atomic mass is 9.99. The maximum atomic E-state index is 12.5. The van der Waals surface area contributed by atoms with E-state index in [-0.39, 0.29) is 24.2 Å². The number of benzene rings is 2. The van der Waals surface area contributed by atoms with E-state index in [2.05, 4.69) is 5.32 Å². The molecule has 0 saturated carbocycles. The minimum atomic E-state index is -0.506. The summed E-state index contributed by atoms with van der Waals surface area (Å²) in [4.78, 5) is 26.4. The van der Waals surface area contributed by atoms with E-state index in [0.29, 0.717) is 36.5 Å². The van der Waals surface area contributed by atoms with Gasteiger partial charge >= 0.3 is 0 Å². The molecule has 0 bridgehead atoms. The van der Waals surface area contributed by atoms with Crippen LogP contribution < -0.4 is 16.0 Å². The summed E-state index contributed by atoms with van der Waals surface area (Å²) < 4.78 is 0. The molecule has 5 nitrogen and oxygen atoms in total. The fourth-order valence-corrected chi connectivity index (χ4v) is 3.39. The normalized spacial score (nSPS) is 14.1. The van der Waals surface area contributed by atoms with E-state index >= 15 is 0 Å². The molecule has 7 heteroatoms. The summed E-state index contributed by atoms with van der Waals surface area (Å²) in [5.74, 6) is -0.0825. The van der Waals surface area contributed by atoms with Crippen LogP contribution in [0.3, 0.4) is 0 Å². The van der Waals surface area contributed by atoms with Gasteiger partial charge in [-0.15, -0.1) is 12.4 Å². The Morgan fingerprint density at radius 3 is 2.61 bits per heavy atom. The van der Waals surface area contributed by atoms with Gasteiger partial charge in [0, 0.05) is 22.8 Å². The van der Waals surface area contributed by atoms with Crippen molar-refractivity contribution in [3.8, 4) is 0 Å². The number of amides is 2. The number of halogens is 2. The van der Waals surface area contributed by atoms with E-state index in [4.69, 9.17) is 17.3 Å². The quantitative estimate of drug-likeness (QED) is 0.729. The van der Waals surface area contributed by atoms with Crippen LogP contribution >= 0.6 is 24.0 Å². The molecule has 1 aliphatic heterocycles. The van der Waals surface area contributed by atoms with Crippen molar-refractivity contribution in [3.05, 3.63) is 58.6 Å². The van der Waals surface area contributed by atoms with Gasteiger partial charge in [0.05, 0.1) is 12.6 Å². The van der Waals surface area contributed by atoms with Crippen LogP contribution in [0.15, 0.2) is 42.5 Å². The van der Waals surface area contributed by atoms with E-state index in [1.54, 1.807) is 4.90 Å². The lowest BCUT2D eigenvalue weighted by Gasteiger charge is -2.30. The summed E-state index contributed by atoms with van der Waals surface area (Å²) in [5, 5.41) is 3.55. The Hall–Kier alpha value is -2.08. The fourth-order valence-electron chi connectivity index (χ4n) is 3.26. The summed E-state index contributed by atoms with van der Waals surface area (Å²) in [5.41, 5.74) is 9.54. The largest absolute Gasteiger partial charge is 0.325 e. The molecule has 2 aromatic carbocycles. The number of carbonyl (C=O) groups excluding carboxylic acids is 2. The lowest BCUT2D eigenvalue weighted by molar-refractivity contribution is -0.119. The topological polar surface area (TPSA) is 75.4 Å². The highest BCUT2D eigenvalue weighted by Gasteiger charge is 2.25. The first-order valence-corrected chi connectivity index (χ1v) is 9.60. The van der Waals surface area contributed by atoms with E-state index < -0.39 is 6.04 Å². The molecular weight excluding hydrogens is 397 g/mol. The first-order chi connectivity index (χ1) is 13.0. The molecule has 1 heterocycles. The molecule has 150 valence electrons. The summed E-state index contributed by atoms with van der Waals surface area (Å²) in [6.45, 7) is 2.49. The van der Waals surface area contributed by atoms with Gasteiger partial charge in [0.15, 0.2) is 0 Å². The Bertz CT molecular complexity index is 840. The second kappa shape index (κ2) is 9.92. The molecule has 0 saturated heterocycles. The molecule has 2 amide bonds. The highest BCUT2D eigenvalue weighted by atomic mass is 35.5. The van der Waals surface area contributed by atoms with Crippen molar-refractivity contribution in [1.29, 1.82) is 0 Å². The number of aryl methyl sites for hydroxylation is 1. The van der Waals surface area contributed by atoms with Crippen LogP contribution in [-0.2, 0) is 22.6 Å².